The molecule has 0 unspecified atom stereocenters. The maximum absolute atomic E-state index is 12.0. The average Bonchev–Trinajstić information content (AvgIpc) is 2.41. The summed E-state index contributed by atoms with van der Waals surface area (Å²) in [6, 6.07) is 11.1. The van der Waals surface area contributed by atoms with E-state index in [1.807, 2.05) is 19.1 Å². The molecule has 0 saturated heterocycles. The topological polar surface area (TPSA) is 65.8 Å². The van der Waals surface area contributed by atoms with Gasteiger partial charge >= 0.3 is 0 Å². The molecule has 1 aromatic heterocycles. The highest BCUT2D eigenvalue weighted by Gasteiger charge is 2.06. The first kappa shape index (κ1) is 12.8. The Morgan fingerprint density at radius 3 is 2.68 bits per heavy atom. The molecule has 0 spiro atoms. The number of anilines is 1. The fourth-order valence-corrected chi connectivity index (χ4v) is 1.68. The van der Waals surface area contributed by atoms with E-state index in [1.54, 1.807) is 24.4 Å². The van der Waals surface area contributed by atoms with Crippen LogP contribution in [0.3, 0.4) is 0 Å². The highest BCUT2D eigenvalue weighted by Crippen LogP contribution is 2.12. The van der Waals surface area contributed by atoms with Crippen LogP contribution in [-0.4, -0.2) is 10.9 Å². The first-order valence-electron chi connectivity index (χ1n) is 5.88. The van der Waals surface area contributed by atoms with Gasteiger partial charge in [0.25, 0.3) is 5.91 Å². The van der Waals surface area contributed by atoms with E-state index in [4.69, 9.17) is 5.26 Å². The predicted octanol–water partition coefficient (Wildman–Crippen LogP) is 2.71. The minimum Gasteiger partial charge on any atom is -0.322 e. The normalized spacial score (nSPS) is 9.68. The van der Waals surface area contributed by atoms with Gasteiger partial charge in [0.15, 0.2) is 0 Å². The van der Waals surface area contributed by atoms with Crippen LogP contribution in [0.5, 0.6) is 0 Å². The maximum Gasteiger partial charge on any atom is 0.257 e. The quantitative estimate of drug-likeness (QED) is 0.912. The van der Waals surface area contributed by atoms with Crippen LogP contribution in [0.4, 0.5) is 5.69 Å². The Morgan fingerprint density at radius 2 is 2.05 bits per heavy atom. The Bertz CT molecular complexity index is 627. The summed E-state index contributed by atoms with van der Waals surface area (Å²) >= 11 is 0. The number of aryl methyl sites for hydroxylation is 1. The number of carbonyl (C=O) groups is 1. The van der Waals surface area contributed by atoms with E-state index in [-0.39, 0.29) is 5.91 Å². The van der Waals surface area contributed by atoms with Gasteiger partial charge in [0.2, 0.25) is 0 Å². The van der Waals surface area contributed by atoms with Gasteiger partial charge in [-0.2, -0.15) is 5.26 Å². The van der Waals surface area contributed by atoms with Crippen molar-refractivity contribution in [2.75, 3.05) is 5.32 Å². The lowest BCUT2D eigenvalue weighted by molar-refractivity contribution is 0.102. The molecule has 2 rings (SSSR count). The standard InChI is InChI=1S/C15H13N3O/c1-11-8-13(10-17-9-11)15(19)18-14-4-2-12(3-5-14)6-7-16/h2-5,8-10H,6H2,1H3,(H,18,19). The van der Waals surface area contributed by atoms with Crippen LogP contribution in [0.15, 0.2) is 42.7 Å². The molecule has 0 aliphatic carbocycles. The SMILES string of the molecule is Cc1cncc(C(=O)Nc2ccc(CC#N)cc2)c1. The lowest BCUT2D eigenvalue weighted by Crippen LogP contribution is -2.12. The largest absolute Gasteiger partial charge is 0.322 e. The van der Waals surface area contributed by atoms with Crippen LogP contribution in [-0.2, 0) is 6.42 Å². The maximum atomic E-state index is 12.0. The van der Waals surface area contributed by atoms with Crippen molar-refractivity contribution < 1.29 is 4.79 Å². The molecule has 1 aromatic carbocycles. The zero-order valence-corrected chi connectivity index (χ0v) is 10.6. The minimum atomic E-state index is -0.191. The number of hydrogen-bond donors (Lipinski definition) is 1. The van der Waals surface area contributed by atoms with E-state index in [0.717, 1.165) is 11.1 Å². The Hall–Kier alpha value is -2.67. The second-order valence-electron chi connectivity index (χ2n) is 4.24. The molecule has 0 saturated carbocycles. The lowest BCUT2D eigenvalue weighted by atomic mass is 10.1. The van der Waals surface area contributed by atoms with Crippen molar-refractivity contribution >= 4 is 11.6 Å². The van der Waals surface area contributed by atoms with Crippen LogP contribution in [0.1, 0.15) is 21.5 Å². The molecule has 4 nitrogen and oxygen atoms in total. The number of nitrogens with one attached hydrogen (secondary N) is 1. The van der Waals surface area contributed by atoms with Crippen molar-refractivity contribution in [3.05, 3.63) is 59.4 Å². The predicted molar refractivity (Wildman–Crippen MR) is 72.7 cm³/mol. The highest BCUT2D eigenvalue weighted by molar-refractivity contribution is 6.04. The number of aromatic nitrogens is 1. The zero-order chi connectivity index (χ0) is 13.7. The Kier molecular flexibility index (Phi) is 3.89. The summed E-state index contributed by atoms with van der Waals surface area (Å²) in [7, 11) is 0. The molecule has 1 amide bonds. The third-order valence-electron chi connectivity index (χ3n) is 2.63. The van der Waals surface area contributed by atoms with Gasteiger partial charge < -0.3 is 5.32 Å². The van der Waals surface area contributed by atoms with Gasteiger partial charge in [0, 0.05) is 18.1 Å². The van der Waals surface area contributed by atoms with E-state index in [2.05, 4.69) is 16.4 Å². The van der Waals surface area contributed by atoms with Gasteiger partial charge in [-0.05, 0) is 36.2 Å². The van der Waals surface area contributed by atoms with Gasteiger partial charge in [-0.3, -0.25) is 9.78 Å². The number of nitrogens with zero attached hydrogens (tertiary/aromatic N) is 2. The molecule has 2 aromatic rings. The Morgan fingerprint density at radius 1 is 1.32 bits per heavy atom. The van der Waals surface area contributed by atoms with Crippen LogP contribution in [0.25, 0.3) is 0 Å². The summed E-state index contributed by atoms with van der Waals surface area (Å²) in [6.07, 6.45) is 3.61. The van der Waals surface area contributed by atoms with Crippen molar-refractivity contribution in [3.8, 4) is 6.07 Å². The summed E-state index contributed by atoms with van der Waals surface area (Å²) in [4.78, 5) is 16.0. The summed E-state index contributed by atoms with van der Waals surface area (Å²) in [5.74, 6) is -0.191. The van der Waals surface area contributed by atoms with Crippen molar-refractivity contribution in [3.63, 3.8) is 0 Å². The molecule has 0 bridgehead atoms. The van der Waals surface area contributed by atoms with Gasteiger partial charge in [0.1, 0.15) is 0 Å². The van der Waals surface area contributed by atoms with Crippen LogP contribution in [0.2, 0.25) is 0 Å². The number of nitriles is 1. The number of rotatable bonds is 3. The number of benzene rings is 1. The number of carbonyl (C=O) groups excluding carboxylic acids is 1. The third-order valence-corrected chi connectivity index (χ3v) is 2.63. The molecule has 0 aliphatic heterocycles. The zero-order valence-electron chi connectivity index (χ0n) is 10.6. The molecule has 0 fully saturated rings. The molecular formula is C15H13N3O. The van der Waals surface area contributed by atoms with Crippen molar-refractivity contribution in [1.29, 1.82) is 5.26 Å². The van der Waals surface area contributed by atoms with E-state index >= 15 is 0 Å². The van der Waals surface area contributed by atoms with E-state index in [9.17, 15) is 4.79 Å². The third kappa shape index (κ3) is 3.39. The summed E-state index contributed by atoms with van der Waals surface area (Å²) < 4.78 is 0. The number of pyridine rings is 1. The van der Waals surface area contributed by atoms with Crippen molar-refractivity contribution in [1.82, 2.24) is 4.98 Å². The molecule has 0 aliphatic rings. The van der Waals surface area contributed by atoms with Gasteiger partial charge in [-0.15, -0.1) is 0 Å². The van der Waals surface area contributed by atoms with Crippen LogP contribution >= 0.6 is 0 Å². The van der Waals surface area contributed by atoms with Crippen molar-refractivity contribution in [2.24, 2.45) is 0 Å². The molecule has 1 heterocycles. The first-order chi connectivity index (χ1) is 9.19. The second kappa shape index (κ2) is 5.78. The molecule has 94 valence electrons. The van der Waals surface area contributed by atoms with E-state index in [1.165, 1.54) is 6.20 Å². The molecule has 0 atom stereocenters. The molecule has 0 radical (unpaired) electrons. The number of amides is 1. The number of hydrogen-bond acceptors (Lipinski definition) is 3. The average molecular weight is 251 g/mol. The summed E-state index contributed by atoms with van der Waals surface area (Å²) in [5, 5.41) is 11.4. The highest BCUT2D eigenvalue weighted by atomic mass is 16.1. The van der Waals surface area contributed by atoms with Gasteiger partial charge in [0.05, 0.1) is 18.1 Å². The van der Waals surface area contributed by atoms with E-state index in [0.29, 0.717) is 17.7 Å². The fraction of sp³-hybridized carbons (Fsp3) is 0.133. The van der Waals surface area contributed by atoms with E-state index < -0.39 is 0 Å². The summed E-state index contributed by atoms with van der Waals surface area (Å²) in [6.45, 7) is 1.89. The molecule has 19 heavy (non-hydrogen) atoms. The Labute approximate surface area is 111 Å². The molecular weight excluding hydrogens is 238 g/mol. The minimum absolute atomic E-state index is 0.191. The van der Waals surface area contributed by atoms with Gasteiger partial charge in [-0.1, -0.05) is 12.1 Å². The van der Waals surface area contributed by atoms with Crippen LogP contribution < -0.4 is 5.32 Å². The monoisotopic (exact) mass is 251 g/mol. The van der Waals surface area contributed by atoms with Crippen LogP contribution in [0, 0.1) is 18.3 Å². The van der Waals surface area contributed by atoms with Gasteiger partial charge in [-0.25, -0.2) is 0 Å². The lowest BCUT2D eigenvalue weighted by Gasteiger charge is -2.06. The second-order valence-corrected chi connectivity index (χ2v) is 4.24. The Balaban J connectivity index is 2.09. The fourth-order valence-electron chi connectivity index (χ4n) is 1.68. The molecule has 4 heteroatoms. The smallest absolute Gasteiger partial charge is 0.257 e. The summed E-state index contributed by atoms with van der Waals surface area (Å²) in [5.41, 5.74) is 3.10. The molecule has 1 N–H and O–H groups in total. The first-order valence-corrected chi connectivity index (χ1v) is 5.88. The van der Waals surface area contributed by atoms with Crippen molar-refractivity contribution in [2.45, 2.75) is 13.3 Å².